The first kappa shape index (κ1) is 19.6. The fourth-order valence-electron chi connectivity index (χ4n) is 6.82. The number of rotatable bonds is 5. The number of carbonyl (C=O) groups is 1. The summed E-state index contributed by atoms with van der Waals surface area (Å²) in [5.41, 5.74) is 1.46. The van der Waals surface area contributed by atoms with Crippen LogP contribution in [0.3, 0.4) is 0 Å². The molecule has 5 rings (SSSR count). The average Bonchev–Trinajstić information content (AvgIpc) is 3.46. The van der Waals surface area contributed by atoms with E-state index in [4.69, 9.17) is 4.74 Å². The Hall–Kier alpha value is -1.39. The molecule has 3 saturated heterocycles. The third kappa shape index (κ3) is 3.86. The molecule has 4 aliphatic rings. The second-order valence-electron chi connectivity index (χ2n) is 9.96. The summed E-state index contributed by atoms with van der Waals surface area (Å²) in [6, 6.07) is 10.8. The Morgan fingerprint density at radius 2 is 1.79 bits per heavy atom. The smallest absolute Gasteiger partial charge is 0.223 e. The molecule has 1 spiro atoms. The molecule has 1 aromatic carbocycles. The number of benzene rings is 1. The van der Waals surface area contributed by atoms with Crippen molar-refractivity contribution in [1.82, 2.24) is 9.80 Å². The molecule has 0 N–H and O–H groups in total. The van der Waals surface area contributed by atoms with E-state index in [2.05, 4.69) is 40.1 Å². The van der Waals surface area contributed by atoms with Crippen LogP contribution in [0, 0.1) is 17.8 Å². The summed E-state index contributed by atoms with van der Waals surface area (Å²) in [5, 5.41) is 0. The molecule has 1 amide bonds. The van der Waals surface area contributed by atoms with Crippen molar-refractivity contribution < 1.29 is 9.53 Å². The maximum absolute atomic E-state index is 13.4. The molecule has 0 aromatic heterocycles. The van der Waals surface area contributed by atoms with Crippen molar-refractivity contribution in [2.75, 3.05) is 32.8 Å². The van der Waals surface area contributed by atoms with Crippen LogP contribution in [0.1, 0.15) is 56.9 Å². The first-order chi connectivity index (χ1) is 14.2. The second kappa shape index (κ2) is 8.39. The normalized spacial score (nSPS) is 29.6. The van der Waals surface area contributed by atoms with Crippen LogP contribution < -0.4 is 0 Å². The fraction of sp³-hybridized carbons (Fsp3) is 0.720. The topological polar surface area (TPSA) is 32.8 Å². The van der Waals surface area contributed by atoms with Gasteiger partial charge >= 0.3 is 0 Å². The minimum atomic E-state index is 0.0567. The van der Waals surface area contributed by atoms with Crippen molar-refractivity contribution in [2.45, 2.75) is 63.5 Å². The SMILES string of the molecule is O=C(CCC1CCCC1)N1CC2CN(Cc3ccccc3)CC2C12CCOCC2. The fourth-order valence-corrected chi connectivity index (χ4v) is 6.82. The van der Waals surface area contributed by atoms with Gasteiger partial charge in [0.05, 0.1) is 5.54 Å². The van der Waals surface area contributed by atoms with E-state index < -0.39 is 0 Å². The van der Waals surface area contributed by atoms with Gasteiger partial charge in [-0.05, 0) is 36.7 Å². The van der Waals surface area contributed by atoms with Crippen LogP contribution in [0.2, 0.25) is 0 Å². The van der Waals surface area contributed by atoms with Crippen LogP contribution in [-0.2, 0) is 16.1 Å². The number of ether oxygens (including phenoxy) is 1. The molecule has 1 aromatic rings. The quantitative estimate of drug-likeness (QED) is 0.751. The van der Waals surface area contributed by atoms with Gasteiger partial charge in [0, 0.05) is 51.7 Å². The minimum absolute atomic E-state index is 0.0567. The van der Waals surface area contributed by atoms with Crippen LogP contribution >= 0.6 is 0 Å². The van der Waals surface area contributed by atoms with E-state index in [1.807, 2.05) is 0 Å². The van der Waals surface area contributed by atoms with E-state index in [1.54, 1.807) is 0 Å². The Labute approximate surface area is 175 Å². The molecule has 29 heavy (non-hydrogen) atoms. The Bertz CT molecular complexity index is 694. The molecule has 1 saturated carbocycles. The van der Waals surface area contributed by atoms with Gasteiger partial charge < -0.3 is 9.64 Å². The Morgan fingerprint density at radius 3 is 2.55 bits per heavy atom. The molecule has 0 bridgehead atoms. The highest BCUT2D eigenvalue weighted by Gasteiger charge is 2.58. The molecule has 4 fully saturated rings. The lowest BCUT2D eigenvalue weighted by Gasteiger charge is -2.45. The summed E-state index contributed by atoms with van der Waals surface area (Å²) >= 11 is 0. The number of nitrogens with zero attached hydrogens (tertiary/aromatic N) is 2. The van der Waals surface area contributed by atoms with Crippen molar-refractivity contribution in [3.8, 4) is 0 Å². The molecule has 4 heteroatoms. The summed E-state index contributed by atoms with van der Waals surface area (Å²) in [6.45, 7) is 5.90. The van der Waals surface area contributed by atoms with Crippen molar-refractivity contribution >= 4 is 5.91 Å². The maximum atomic E-state index is 13.4. The second-order valence-corrected chi connectivity index (χ2v) is 9.96. The molecule has 0 radical (unpaired) electrons. The minimum Gasteiger partial charge on any atom is -0.381 e. The number of carbonyl (C=O) groups excluding carboxylic acids is 1. The van der Waals surface area contributed by atoms with Gasteiger partial charge in [0.25, 0.3) is 0 Å². The standard InChI is InChI=1S/C25H36N2O2/c28-24(11-10-20-6-4-5-7-20)27-18-22-17-26(16-21-8-2-1-3-9-21)19-23(22)25(27)12-14-29-15-13-25/h1-3,8-9,20,22-23H,4-7,10-19H2. The number of hydrogen-bond donors (Lipinski definition) is 0. The lowest BCUT2D eigenvalue weighted by Crippen LogP contribution is -2.55. The highest BCUT2D eigenvalue weighted by molar-refractivity contribution is 5.77. The van der Waals surface area contributed by atoms with Gasteiger partial charge in [-0.3, -0.25) is 9.69 Å². The number of likely N-dealkylation sites (tertiary alicyclic amines) is 2. The summed E-state index contributed by atoms with van der Waals surface area (Å²) in [4.78, 5) is 18.3. The van der Waals surface area contributed by atoms with Crippen LogP contribution in [0.25, 0.3) is 0 Å². The summed E-state index contributed by atoms with van der Waals surface area (Å²) in [7, 11) is 0. The largest absolute Gasteiger partial charge is 0.381 e. The Kier molecular flexibility index (Phi) is 5.66. The van der Waals surface area contributed by atoms with Crippen LogP contribution in [0.15, 0.2) is 30.3 Å². The van der Waals surface area contributed by atoms with Gasteiger partial charge in [-0.2, -0.15) is 0 Å². The van der Waals surface area contributed by atoms with E-state index in [9.17, 15) is 4.79 Å². The first-order valence-electron chi connectivity index (χ1n) is 11.9. The van der Waals surface area contributed by atoms with Gasteiger partial charge in [0.2, 0.25) is 5.91 Å². The number of fused-ring (bicyclic) bond motifs is 2. The Balaban J connectivity index is 1.27. The highest BCUT2D eigenvalue weighted by Crippen LogP contribution is 2.49. The average molecular weight is 397 g/mol. The Morgan fingerprint density at radius 1 is 1.03 bits per heavy atom. The third-order valence-corrected chi connectivity index (χ3v) is 8.31. The van der Waals surface area contributed by atoms with Gasteiger partial charge in [-0.25, -0.2) is 0 Å². The van der Waals surface area contributed by atoms with E-state index in [0.29, 0.717) is 17.7 Å². The predicted octanol–water partition coefficient (Wildman–Crippen LogP) is 4.10. The van der Waals surface area contributed by atoms with Gasteiger partial charge in [0.1, 0.15) is 0 Å². The zero-order valence-corrected chi connectivity index (χ0v) is 17.7. The molecule has 3 heterocycles. The zero-order chi connectivity index (χ0) is 19.7. The summed E-state index contributed by atoms with van der Waals surface area (Å²) in [5.74, 6) is 2.48. The molecule has 2 unspecified atom stereocenters. The van der Waals surface area contributed by atoms with Gasteiger partial charge in [-0.15, -0.1) is 0 Å². The van der Waals surface area contributed by atoms with Gasteiger partial charge in [0.15, 0.2) is 0 Å². The molecular weight excluding hydrogens is 360 g/mol. The molecule has 3 aliphatic heterocycles. The summed E-state index contributed by atoms with van der Waals surface area (Å²) < 4.78 is 5.74. The van der Waals surface area contributed by atoms with E-state index in [1.165, 1.54) is 31.2 Å². The van der Waals surface area contributed by atoms with Crippen molar-refractivity contribution in [2.24, 2.45) is 17.8 Å². The molecular formula is C25H36N2O2. The summed E-state index contributed by atoms with van der Waals surface area (Å²) in [6.07, 6.45) is 9.34. The van der Waals surface area contributed by atoms with Crippen LogP contribution in [-0.4, -0.2) is 54.1 Å². The van der Waals surface area contributed by atoms with Gasteiger partial charge in [-0.1, -0.05) is 56.0 Å². The molecule has 2 atom stereocenters. The monoisotopic (exact) mass is 396 g/mol. The molecule has 158 valence electrons. The lowest BCUT2D eigenvalue weighted by atomic mass is 9.76. The van der Waals surface area contributed by atoms with E-state index in [0.717, 1.165) is 71.0 Å². The molecule has 1 aliphatic carbocycles. The zero-order valence-electron chi connectivity index (χ0n) is 17.7. The third-order valence-electron chi connectivity index (χ3n) is 8.31. The number of amides is 1. The van der Waals surface area contributed by atoms with Crippen molar-refractivity contribution in [3.63, 3.8) is 0 Å². The van der Waals surface area contributed by atoms with Crippen molar-refractivity contribution in [3.05, 3.63) is 35.9 Å². The van der Waals surface area contributed by atoms with E-state index >= 15 is 0 Å². The lowest BCUT2D eigenvalue weighted by molar-refractivity contribution is -0.141. The van der Waals surface area contributed by atoms with Crippen LogP contribution in [0.4, 0.5) is 0 Å². The van der Waals surface area contributed by atoms with Crippen molar-refractivity contribution in [1.29, 1.82) is 0 Å². The van der Waals surface area contributed by atoms with E-state index in [-0.39, 0.29) is 5.54 Å². The maximum Gasteiger partial charge on any atom is 0.223 e. The molecule has 4 nitrogen and oxygen atoms in total. The van der Waals surface area contributed by atoms with Crippen LogP contribution in [0.5, 0.6) is 0 Å². The highest BCUT2D eigenvalue weighted by atomic mass is 16.5. The first-order valence-corrected chi connectivity index (χ1v) is 11.9. The number of hydrogen-bond acceptors (Lipinski definition) is 3. The predicted molar refractivity (Wildman–Crippen MR) is 114 cm³/mol.